The molecule has 1 aliphatic heterocycles. The van der Waals surface area contributed by atoms with Gasteiger partial charge in [0.2, 0.25) is 29.4 Å². The highest BCUT2D eigenvalue weighted by Crippen LogP contribution is 2.16. The SMILES string of the molecule is O=C(O)CN1CCN(CC(=O)O)CCN(CC(=O)NCCOCCOCCOCCOCCOCCOCCOCCOCCOCCOCCOCCNC(=O)CCCC(=O)Nc2ccc(-c3nnc(-c4ccccn4)nn3)nc2)CCN(CC(=O)O)CC1. The Morgan fingerprint density at radius 2 is 0.700 bits per heavy atom. The number of aliphatic carboxylic acids is 3. The van der Waals surface area contributed by atoms with Crippen LogP contribution in [-0.4, -0.2) is 338 Å². The first-order valence-corrected chi connectivity index (χ1v) is 30.1. The lowest BCUT2D eigenvalue weighted by Crippen LogP contribution is -2.50. The zero-order valence-corrected chi connectivity index (χ0v) is 51.4. The Morgan fingerprint density at radius 3 is 1.02 bits per heavy atom. The topological polar surface area (TPSA) is 391 Å². The average molecular weight is 1280 g/mol. The number of rotatable bonds is 51. The molecule has 3 amide bonds. The van der Waals surface area contributed by atoms with Gasteiger partial charge in [-0.05, 0) is 30.7 Å². The highest BCUT2D eigenvalue weighted by atomic mass is 16.6. The smallest absolute Gasteiger partial charge is 0.317 e. The Hall–Kier alpha value is -6.54. The number of carboxylic acids is 3. The van der Waals surface area contributed by atoms with Crippen LogP contribution in [0.2, 0.25) is 0 Å². The number of nitrogens with one attached hydrogen (secondary N) is 3. The second-order valence-electron chi connectivity index (χ2n) is 19.8. The van der Waals surface area contributed by atoms with Crippen LogP contribution >= 0.6 is 0 Å². The molecule has 0 aromatic carbocycles. The molecule has 0 bridgehead atoms. The fraction of sp³-hybridized carbons (Fsp3) is 0.684. The predicted octanol–water partition coefficient (Wildman–Crippen LogP) is -1.61. The summed E-state index contributed by atoms with van der Waals surface area (Å²) in [5, 5.41) is 52.8. The molecule has 0 radical (unpaired) electrons. The van der Waals surface area contributed by atoms with Crippen molar-refractivity contribution in [3.63, 3.8) is 0 Å². The molecule has 90 heavy (non-hydrogen) atoms. The van der Waals surface area contributed by atoms with E-state index in [1.807, 2.05) is 11.0 Å². The molecule has 0 unspecified atom stereocenters. The van der Waals surface area contributed by atoms with E-state index in [1.54, 1.807) is 45.2 Å². The number of hydrogen-bond acceptors (Lipinski definition) is 27. The van der Waals surface area contributed by atoms with Crippen LogP contribution in [0.5, 0.6) is 0 Å². The number of carbonyl (C=O) groups excluding carboxylic acids is 3. The van der Waals surface area contributed by atoms with Crippen LogP contribution in [0.3, 0.4) is 0 Å². The van der Waals surface area contributed by atoms with E-state index in [0.29, 0.717) is 227 Å². The van der Waals surface area contributed by atoms with Gasteiger partial charge in [0.25, 0.3) is 0 Å². The van der Waals surface area contributed by atoms with Crippen LogP contribution in [0.15, 0.2) is 42.7 Å². The average Bonchev–Trinajstić information content (AvgIpc) is 3.73. The molecule has 1 fully saturated rings. The fourth-order valence-corrected chi connectivity index (χ4v) is 8.12. The molecule has 33 nitrogen and oxygen atoms in total. The summed E-state index contributed by atoms with van der Waals surface area (Å²) in [4.78, 5) is 87.2. The Morgan fingerprint density at radius 1 is 0.378 bits per heavy atom. The van der Waals surface area contributed by atoms with Crippen molar-refractivity contribution in [2.45, 2.75) is 19.3 Å². The number of hydrogen-bond donors (Lipinski definition) is 6. The van der Waals surface area contributed by atoms with Crippen molar-refractivity contribution in [1.82, 2.24) is 60.6 Å². The number of carbonyl (C=O) groups is 6. The molecule has 0 saturated carbocycles. The quantitative estimate of drug-likeness (QED) is 0.0346. The van der Waals surface area contributed by atoms with E-state index in [0.717, 1.165) is 0 Å². The monoisotopic (exact) mass is 1280 g/mol. The van der Waals surface area contributed by atoms with Crippen molar-refractivity contribution in [3.05, 3.63) is 42.7 Å². The minimum atomic E-state index is -1.03. The summed E-state index contributed by atoms with van der Waals surface area (Å²) in [5.41, 5.74) is 1.49. The van der Waals surface area contributed by atoms with Crippen LogP contribution < -0.4 is 16.0 Å². The predicted molar refractivity (Wildman–Crippen MR) is 320 cm³/mol. The van der Waals surface area contributed by atoms with Gasteiger partial charge in [-0.2, -0.15) is 0 Å². The standard InChI is InChI=1S/C57H91N13O20/c71-50(5-3-6-51(72)62-47-7-8-49(61-42-47)57-65-63-56(64-66-57)48-4-1-2-9-58-48)59-10-20-80-22-24-82-26-28-84-30-32-86-34-36-88-38-40-90-41-39-89-37-35-87-33-31-85-29-27-83-25-23-81-21-11-60-52(73)43-67-12-14-68(44-53(74)75)16-18-70(46-55(78)79)19-17-69(15-13-67)45-54(76)77/h1-2,4,7-9,42H,3,5-6,10-41,43-46H2,(H,59,71)(H,60,73)(H,62,72)(H,74,75)(H,76,77)(H,78,79). The number of pyridine rings is 2. The molecule has 6 N–H and O–H groups in total. The zero-order valence-electron chi connectivity index (χ0n) is 51.4. The molecule has 3 aromatic heterocycles. The minimum Gasteiger partial charge on any atom is -0.480 e. The van der Waals surface area contributed by atoms with Crippen LogP contribution in [-0.2, 0) is 80.9 Å². The summed E-state index contributed by atoms with van der Waals surface area (Å²) in [5.74, 6) is -3.20. The van der Waals surface area contributed by atoms with E-state index < -0.39 is 17.9 Å². The number of anilines is 1. The fourth-order valence-electron chi connectivity index (χ4n) is 8.12. The molecule has 0 aliphatic carbocycles. The lowest BCUT2D eigenvalue weighted by molar-refractivity contribution is -0.140. The second kappa shape index (κ2) is 50.1. The molecule has 3 aromatic rings. The van der Waals surface area contributed by atoms with E-state index >= 15 is 0 Å². The lowest BCUT2D eigenvalue weighted by Gasteiger charge is -2.32. The van der Waals surface area contributed by atoms with Crippen LogP contribution in [0.4, 0.5) is 5.69 Å². The first-order valence-electron chi connectivity index (χ1n) is 30.1. The Balaban J connectivity index is 0.808. The van der Waals surface area contributed by atoms with Gasteiger partial charge in [-0.15, -0.1) is 20.4 Å². The van der Waals surface area contributed by atoms with E-state index in [9.17, 15) is 44.1 Å². The molecular formula is C57H91N13O20. The van der Waals surface area contributed by atoms with Gasteiger partial charge >= 0.3 is 17.9 Å². The highest BCUT2D eigenvalue weighted by molar-refractivity contribution is 5.91. The maximum atomic E-state index is 12.8. The largest absolute Gasteiger partial charge is 0.480 e. The lowest BCUT2D eigenvalue weighted by atomic mass is 10.2. The second-order valence-corrected chi connectivity index (χ2v) is 19.8. The summed E-state index contributed by atoms with van der Waals surface area (Å²) in [7, 11) is 0. The third kappa shape index (κ3) is 39.6. The molecule has 4 heterocycles. The molecule has 4 rings (SSSR count). The summed E-state index contributed by atoms with van der Waals surface area (Å²) in [6.45, 7) is 11.2. The number of ether oxygens (including phenoxy) is 11. The van der Waals surface area contributed by atoms with E-state index in [1.165, 1.54) is 6.20 Å². The normalized spacial score (nSPS) is 14.0. The molecule has 1 saturated heterocycles. The summed E-state index contributed by atoms with van der Waals surface area (Å²) in [6, 6.07) is 8.68. The minimum absolute atomic E-state index is 0.0218. The number of nitrogens with zero attached hydrogens (tertiary/aromatic N) is 10. The van der Waals surface area contributed by atoms with Crippen molar-refractivity contribution in [3.8, 4) is 23.0 Å². The van der Waals surface area contributed by atoms with Crippen LogP contribution in [0.1, 0.15) is 19.3 Å². The summed E-state index contributed by atoms with van der Waals surface area (Å²) in [6.07, 6.45) is 3.86. The van der Waals surface area contributed by atoms with Crippen molar-refractivity contribution in [2.75, 3.05) is 242 Å². The van der Waals surface area contributed by atoms with E-state index in [-0.39, 0.29) is 75.7 Å². The summed E-state index contributed by atoms with van der Waals surface area (Å²) >= 11 is 0. The Bertz CT molecular complexity index is 2370. The van der Waals surface area contributed by atoms with Crippen LogP contribution in [0.25, 0.3) is 23.0 Å². The van der Waals surface area contributed by atoms with Gasteiger partial charge in [-0.1, -0.05) is 6.07 Å². The van der Waals surface area contributed by atoms with E-state index in [4.69, 9.17) is 52.1 Å². The Labute approximate surface area is 524 Å². The molecule has 1 aliphatic rings. The van der Waals surface area contributed by atoms with Gasteiger partial charge in [-0.3, -0.25) is 58.3 Å². The molecule has 504 valence electrons. The number of amides is 3. The van der Waals surface area contributed by atoms with Gasteiger partial charge in [-0.25, -0.2) is 0 Å². The van der Waals surface area contributed by atoms with Crippen molar-refractivity contribution < 1.29 is 96.2 Å². The maximum absolute atomic E-state index is 12.8. The maximum Gasteiger partial charge on any atom is 0.317 e. The van der Waals surface area contributed by atoms with E-state index in [2.05, 4.69) is 46.3 Å². The number of carboxylic acid groups (broad SMARTS) is 3. The first kappa shape index (κ1) is 75.9. The van der Waals surface area contributed by atoms with Gasteiger partial charge in [0, 0.05) is 84.5 Å². The molecule has 33 heteroatoms. The van der Waals surface area contributed by atoms with Gasteiger partial charge in [0.1, 0.15) is 11.4 Å². The number of aromatic nitrogens is 6. The van der Waals surface area contributed by atoms with Crippen LogP contribution in [0, 0.1) is 0 Å². The summed E-state index contributed by atoms with van der Waals surface area (Å²) < 4.78 is 60.7. The Kier molecular flexibility index (Phi) is 42.3. The zero-order chi connectivity index (χ0) is 64.3. The van der Waals surface area contributed by atoms with Crippen molar-refractivity contribution >= 4 is 41.3 Å². The molecular weight excluding hydrogens is 1190 g/mol. The molecule has 0 atom stereocenters. The first-order chi connectivity index (χ1) is 43.9. The third-order valence-electron chi connectivity index (χ3n) is 12.7. The van der Waals surface area contributed by atoms with Crippen molar-refractivity contribution in [1.29, 1.82) is 0 Å². The molecule has 0 spiro atoms. The van der Waals surface area contributed by atoms with Crippen molar-refractivity contribution in [2.24, 2.45) is 0 Å². The van der Waals surface area contributed by atoms with Gasteiger partial charge < -0.3 is 83.4 Å². The van der Waals surface area contributed by atoms with Gasteiger partial charge in [0.15, 0.2) is 0 Å². The highest BCUT2D eigenvalue weighted by Gasteiger charge is 2.22. The van der Waals surface area contributed by atoms with Gasteiger partial charge in [0.05, 0.1) is 183 Å². The third-order valence-corrected chi connectivity index (χ3v) is 12.7.